The Kier molecular flexibility index (Phi) is 7.50. The molecule has 4 heteroatoms. The molecule has 0 aliphatic carbocycles. The second kappa shape index (κ2) is 10.7. The van der Waals surface area contributed by atoms with E-state index < -0.39 is 0 Å². The van der Waals surface area contributed by atoms with E-state index in [9.17, 15) is 0 Å². The molecule has 0 aromatic heterocycles. The smallest absolute Gasteiger partial charge is 0.119 e. The summed E-state index contributed by atoms with van der Waals surface area (Å²) in [6.45, 7) is 6.85. The number of benzene rings is 3. The molecule has 3 nitrogen and oxygen atoms in total. The molecule has 162 valence electrons. The fourth-order valence-corrected chi connectivity index (χ4v) is 4.38. The standard InChI is InChI=1S/C27H31ClN2O/c1-2-6-22-9-13-25(14-10-22)30-18-17-29(19-23-7-4-3-5-8-23)20-26(30)21-31-27-15-11-24(28)12-16-27/h3-5,7-16,26H,2,6,17-21H2,1H3. The maximum atomic E-state index is 6.19. The van der Waals surface area contributed by atoms with Crippen molar-refractivity contribution in [2.75, 3.05) is 31.1 Å². The third kappa shape index (κ3) is 6.03. The van der Waals surface area contributed by atoms with Crippen LogP contribution in [0.1, 0.15) is 24.5 Å². The second-order valence-electron chi connectivity index (χ2n) is 8.25. The molecule has 0 bridgehead atoms. The first-order valence-electron chi connectivity index (χ1n) is 11.2. The number of ether oxygens (including phenoxy) is 1. The molecule has 0 N–H and O–H groups in total. The third-order valence-corrected chi connectivity index (χ3v) is 6.13. The van der Waals surface area contributed by atoms with Crippen LogP contribution in [-0.4, -0.2) is 37.2 Å². The molecule has 0 radical (unpaired) electrons. The lowest BCUT2D eigenvalue weighted by Gasteiger charge is -2.42. The molecule has 1 aliphatic rings. The summed E-state index contributed by atoms with van der Waals surface area (Å²) in [5, 5.41) is 0.729. The molecule has 4 rings (SSSR count). The van der Waals surface area contributed by atoms with Crippen LogP contribution in [-0.2, 0) is 13.0 Å². The summed E-state index contributed by atoms with van der Waals surface area (Å²) < 4.78 is 6.19. The zero-order chi connectivity index (χ0) is 21.5. The van der Waals surface area contributed by atoms with Crippen LogP contribution < -0.4 is 9.64 Å². The van der Waals surface area contributed by atoms with Crippen molar-refractivity contribution in [2.45, 2.75) is 32.4 Å². The largest absolute Gasteiger partial charge is 0.491 e. The quantitative estimate of drug-likeness (QED) is 0.428. The van der Waals surface area contributed by atoms with Gasteiger partial charge < -0.3 is 9.64 Å². The third-order valence-electron chi connectivity index (χ3n) is 5.88. The van der Waals surface area contributed by atoms with Gasteiger partial charge in [-0.3, -0.25) is 4.90 Å². The fourth-order valence-electron chi connectivity index (χ4n) is 4.25. The van der Waals surface area contributed by atoms with Crippen molar-refractivity contribution in [3.8, 4) is 5.75 Å². The van der Waals surface area contributed by atoms with Crippen molar-refractivity contribution in [3.63, 3.8) is 0 Å². The highest BCUT2D eigenvalue weighted by Crippen LogP contribution is 2.24. The number of nitrogens with zero attached hydrogens (tertiary/aromatic N) is 2. The number of anilines is 1. The Morgan fingerprint density at radius 2 is 1.61 bits per heavy atom. The molecule has 31 heavy (non-hydrogen) atoms. The number of halogens is 1. The van der Waals surface area contributed by atoms with Crippen molar-refractivity contribution in [3.05, 3.63) is 95.0 Å². The lowest BCUT2D eigenvalue weighted by molar-refractivity contribution is 0.174. The molecule has 1 unspecified atom stereocenters. The maximum Gasteiger partial charge on any atom is 0.119 e. The van der Waals surface area contributed by atoms with Gasteiger partial charge in [-0.25, -0.2) is 0 Å². The van der Waals surface area contributed by atoms with Gasteiger partial charge >= 0.3 is 0 Å². The monoisotopic (exact) mass is 434 g/mol. The summed E-state index contributed by atoms with van der Waals surface area (Å²) in [4.78, 5) is 5.04. The van der Waals surface area contributed by atoms with E-state index in [1.54, 1.807) is 0 Å². The van der Waals surface area contributed by atoms with E-state index in [0.717, 1.165) is 43.4 Å². The van der Waals surface area contributed by atoms with E-state index in [1.165, 1.54) is 23.2 Å². The van der Waals surface area contributed by atoms with Gasteiger partial charge in [0, 0.05) is 36.9 Å². The highest BCUT2D eigenvalue weighted by molar-refractivity contribution is 6.30. The molecular formula is C27H31ClN2O. The van der Waals surface area contributed by atoms with Gasteiger partial charge in [-0.15, -0.1) is 0 Å². The lowest BCUT2D eigenvalue weighted by Crippen LogP contribution is -2.55. The second-order valence-corrected chi connectivity index (χ2v) is 8.69. The molecule has 3 aromatic rings. The summed E-state index contributed by atoms with van der Waals surface area (Å²) in [5.74, 6) is 0.864. The minimum atomic E-state index is 0.283. The first-order valence-corrected chi connectivity index (χ1v) is 11.6. The van der Waals surface area contributed by atoms with E-state index in [1.807, 2.05) is 24.3 Å². The Bertz CT molecular complexity index is 928. The number of hydrogen-bond acceptors (Lipinski definition) is 3. The SMILES string of the molecule is CCCc1ccc(N2CCN(Cc3ccccc3)CC2COc2ccc(Cl)cc2)cc1. The Labute approximate surface area is 191 Å². The molecule has 0 saturated carbocycles. The van der Waals surface area contributed by atoms with Crippen molar-refractivity contribution in [2.24, 2.45) is 0 Å². The summed E-state index contributed by atoms with van der Waals surface area (Å²) in [6, 6.07) is 27.7. The Morgan fingerprint density at radius 1 is 0.871 bits per heavy atom. The molecular weight excluding hydrogens is 404 g/mol. The molecule has 0 amide bonds. The number of aryl methyl sites for hydroxylation is 1. The fraction of sp³-hybridized carbons (Fsp3) is 0.333. The van der Waals surface area contributed by atoms with E-state index in [0.29, 0.717) is 6.61 Å². The minimum Gasteiger partial charge on any atom is -0.491 e. The number of hydrogen-bond donors (Lipinski definition) is 0. The van der Waals surface area contributed by atoms with E-state index in [4.69, 9.17) is 16.3 Å². The lowest BCUT2D eigenvalue weighted by atomic mass is 10.1. The zero-order valence-corrected chi connectivity index (χ0v) is 19.0. The van der Waals surface area contributed by atoms with E-state index in [-0.39, 0.29) is 6.04 Å². The van der Waals surface area contributed by atoms with Crippen molar-refractivity contribution < 1.29 is 4.74 Å². The Morgan fingerprint density at radius 3 is 2.32 bits per heavy atom. The van der Waals surface area contributed by atoms with Crippen LogP contribution in [0.3, 0.4) is 0 Å². The molecule has 1 saturated heterocycles. The number of piperazine rings is 1. The van der Waals surface area contributed by atoms with Crippen molar-refractivity contribution in [1.82, 2.24) is 4.90 Å². The molecule has 1 aliphatic heterocycles. The van der Waals surface area contributed by atoms with Crippen LogP contribution in [0.2, 0.25) is 5.02 Å². The van der Waals surface area contributed by atoms with Gasteiger partial charge in [0.15, 0.2) is 0 Å². The van der Waals surface area contributed by atoms with Crippen LogP contribution in [0.5, 0.6) is 5.75 Å². The van der Waals surface area contributed by atoms with Gasteiger partial charge in [0.2, 0.25) is 0 Å². The first kappa shape index (κ1) is 21.7. The van der Waals surface area contributed by atoms with Crippen LogP contribution in [0, 0.1) is 0 Å². The van der Waals surface area contributed by atoms with Gasteiger partial charge in [-0.2, -0.15) is 0 Å². The van der Waals surface area contributed by atoms with E-state index >= 15 is 0 Å². The van der Waals surface area contributed by atoms with Crippen LogP contribution >= 0.6 is 11.6 Å². The summed E-state index contributed by atoms with van der Waals surface area (Å²) in [5.41, 5.74) is 4.05. The summed E-state index contributed by atoms with van der Waals surface area (Å²) >= 11 is 6.02. The first-order chi connectivity index (χ1) is 15.2. The Balaban J connectivity index is 1.47. The normalized spacial score (nSPS) is 17.0. The van der Waals surface area contributed by atoms with Crippen LogP contribution in [0.15, 0.2) is 78.9 Å². The predicted molar refractivity (Wildman–Crippen MR) is 130 cm³/mol. The Hall–Kier alpha value is -2.49. The average Bonchev–Trinajstić information content (AvgIpc) is 2.80. The molecule has 3 aromatic carbocycles. The van der Waals surface area contributed by atoms with Crippen LogP contribution in [0.4, 0.5) is 5.69 Å². The summed E-state index contributed by atoms with van der Waals surface area (Å²) in [6.07, 6.45) is 2.31. The number of rotatable bonds is 8. The maximum absolute atomic E-state index is 6.19. The summed E-state index contributed by atoms with van der Waals surface area (Å²) in [7, 11) is 0. The predicted octanol–water partition coefficient (Wildman–Crippen LogP) is 6.06. The topological polar surface area (TPSA) is 15.7 Å². The molecule has 1 heterocycles. The molecule has 1 fully saturated rings. The molecule has 1 atom stereocenters. The van der Waals surface area contributed by atoms with Gasteiger partial charge in [-0.1, -0.05) is 67.4 Å². The van der Waals surface area contributed by atoms with Crippen molar-refractivity contribution >= 4 is 17.3 Å². The van der Waals surface area contributed by atoms with Crippen LogP contribution in [0.25, 0.3) is 0 Å². The zero-order valence-electron chi connectivity index (χ0n) is 18.2. The minimum absolute atomic E-state index is 0.283. The highest BCUT2D eigenvalue weighted by atomic mass is 35.5. The van der Waals surface area contributed by atoms with Gasteiger partial charge in [0.1, 0.15) is 12.4 Å². The van der Waals surface area contributed by atoms with Crippen molar-refractivity contribution in [1.29, 1.82) is 0 Å². The van der Waals surface area contributed by atoms with Gasteiger partial charge in [-0.05, 0) is 53.9 Å². The molecule has 0 spiro atoms. The van der Waals surface area contributed by atoms with E-state index in [2.05, 4.69) is 71.3 Å². The highest BCUT2D eigenvalue weighted by Gasteiger charge is 2.28. The average molecular weight is 435 g/mol. The van der Waals surface area contributed by atoms with Gasteiger partial charge in [0.05, 0.1) is 6.04 Å². The van der Waals surface area contributed by atoms with Gasteiger partial charge in [0.25, 0.3) is 0 Å².